The van der Waals surface area contributed by atoms with Crippen LogP contribution in [0.4, 0.5) is 0 Å². The molecule has 0 aliphatic heterocycles. The molecule has 2 heteroatoms. The van der Waals surface area contributed by atoms with Crippen molar-refractivity contribution in [3.63, 3.8) is 0 Å². The molecule has 0 heterocycles. The Morgan fingerprint density at radius 2 is 1.03 bits per heavy atom. The Bertz CT molecular complexity index is 893. The molecule has 174 valence electrons. The van der Waals surface area contributed by atoms with Crippen LogP contribution in [0.25, 0.3) is 0 Å². The molecule has 8 bridgehead atoms. The summed E-state index contributed by atoms with van der Waals surface area (Å²) in [6.45, 7) is 6.78. The molecule has 0 unspecified atom stereocenters. The van der Waals surface area contributed by atoms with Gasteiger partial charge >= 0.3 is 0 Å². The number of hydrogen-bond acceptors (Lipinski definition) is 2. The van der Waals surface area contributed by atoms with Crippen molar-refractivity contribution in [2.45, 2.75) is 114 Å². The highest BCUT2D eigenvalue weighted by atomic mass is 16.3. The first-order valence-corrected chi connectivity index (χ1v) is 13.7. The van der Waals surface area contributed by atoms with E-state index in [-0.39, 0.29) is 16.2 Å². The lowest BCUT2D eigenvalue weighted by Crippen LogP contribution is -2.50. The normalized spacial score (nSPS) is 46.2. The van der Waals surface area contributed by atoms with E-state index in [0.717, 1.165) is 52.2 Å². The van der Waals surface area contributed by atoms with Crippen LogP contribution >= 0.6 is 0 Å². The molecule has 8 fully saturated rings. The van der Waals surface area contributed by atoms with E-state index in [1.807, 2.05) is 0 Å². The van der Waals surface area contributed by atoms with Gasteiger partial charge in [0.2, 0.25) is 0 Å². The average molecular weight is 435 g/mol. The maximum atomic E-state index is 12.1. The minimum atomic E-state index is -0.168. The Hall–Kier alpha value is -1.18. The van der Waals surface area contributed by atoms with Crippen LogP contribution in [0.3, 0.4) is 0 Å². The predicted molar refractivity (Wildman–Crippen MR) is 128 cm³/mol. The van der Waals surface area contributed by atoms with Crippen LogP contribution in [-0.2, 0) is 16.2 Å². The van der Waals surface area contributed by atoms with Crippen LogP contribution < -0.4 is 0 Å². The fraction of sp³-hybridized carbons (Fsp3) is 0.800. The first-order valence-electron chi connectivity index (χ1n) is 13.7. The maximum Gasteiger partial charge on any atom is 0.123 e. The molecule has 1 aromatic rings. The zero-order valence-corrected chi connectivity index (χ0v) is 20.4. The number of phenolic OH excluding ortho intramolecular Hbond substituents is 2. The van der Waals surface area contributed by atoms with Crippen LogP contribution in [0.2, 0.25) is 0 Å². The largest absolute Gasteiger partial charge is 0.508 e. The second-order valence-corrected chi connectivity index (χ2v) is 14.7. The van der Waals surface area contributed by atoms with E-state index in [1.54, 1.807) is 0 Å². The predicted octanol–water partition coefficient (Wildman–Crippen LogP) is 7.33. The van der Waals surface area contributed by atoms with E-state index in [0.29, 0.717) is 11.5 Å². The SMILES string of the molecule is CC(C)(C)c1c(O)c(C23CC4CC(CC(C4)C2)C3)cc(O)c1C12CC3CC(CC(C3)C1)C2. The quantitative estimate of drug-likeness (QED) is 0.478. The fourth-order valence-electron chi connectivity index (χ4n) is 11.2. The first kappa shape index (κ1) is 20.2. The summed E-state index contributed by atoms with van der Waals surface area (Å²) in [5.41, 5.74) is 3.42. The molecule has 9 rings (SSSR count). The third kappa shape index (κ3) is 2.70. The van der Waals surface area contributed by atoms with E-state index in [2.05, 4.69) is 26.8 Å². The van der Waals surface area contributed by atoms with Crippen LogP contribution in [0.5, 0.6) is 11.5 Å². The summed E-state index contributed by atoms with van der Waals surface area (Å²) in [5.74, 6) is 6.11. The third-order valence-electron chi connectivity index (χ3n) is 11.2. The summed E-state index contributed by atoms with van der Waals surface area (Å²) in [6, 6.07) is 2.09. The summed E-state index contributed by atoms with van der Waals surface area (Å²) in [4.78, 5) is 0. The zero-order valence-electron chi connectivity index (χ0n) is 20.4. The topological polar surface area (TPSA) is 40.5 Å². The molecule has 8 aliphatic carbocycles. The van der Waals surface area contributed by atoms with Crippen molar-refractivity contribution in [2.24, 2.45) is 35.5 Å². The molecule has 0 radical (unpaired) electrons. The number of phenols is 2. The van der Waals surface area contributed by atoms with E-state index < -0.39 is 0 Å². The Morgan fingerprint density at radius 1 is 0.656 bits per heavy atom. The molecule has 2 N–H and O–H groups in total. The van der Waals surface area contributed by atoms with Gasteiger partial charge in [-0.25, -0.2) is 0 Å². The summed E-state index contributed by atoms with van der Waals surface area (Å²) in [6.07, 6.45) is 15.8. The Morgan fingerprint density at radius 3 is 1.41 bits per heavy atom. The van der Waals surface area contributed by atoms with E-state index in [1.165, 1.54) is 77.0 Å². The lowest BCUT2D eigenvalue weighted by molar-refractivity contribution is -0.00925. The third-order valence-corrected chi connectivity index (χ3v) is 11.2. The standard InChI is InChI=1S/C30H42O2/c1-28(2,3)26-25(30-14-20-7-21(15-30)9-22(8-20)16-30)24(31)10-23(27(26)32)29-11-17-4-18(12-29)6-19(5-17)13-29/h10,17-22,31-32H,4-9,11-16H2,1-3H3. The minimum absolute atomic E-state index is 0.0962. The van der Waals surface area contributed by atoms with Crippen LogP contribution in [0.1, 0.15) is 115 Å². The smallest absolute Gasteiger partial charge is 0.123 e. The summed E-state index contributed by atoms with van der Waals surface area (Å²) in [5, 5.41) is 23.9. The molecule has 2 nitrogen and oxygen atoms in total. The number of rotatable bonds is 2. The molecule has 0 amide bonds. The van der Waals surface area contributed by atoms with Crippen molar-refractivity contribution in [3.8, 4) is 11.5 Å². The van der Waals surface area contributed by atoms with Gasteiger partial charge in [-0.05, 0) is 129 Å². The van der Waals surface area contributed by atoms with Gasteiger partial charge in [-0.2, -0.15) is 0 Å². The van der Waals surface area contributed by atoms with Gasteiger partial charge in [0, 0.05) is 22.1 Å². The monoisotopic (exact) mass is 434 g/mol. The van der Waals surface area contributed by atoms with Crippen molar-refractivity contribution in [1.82, 2.24) is 0 Å². The van der Waals surface area contributed by atoms with Gasteiger partial charge in [0.1, 0.15) is 11.5 Å². The lowest BCUT2D eigenvalue weighted by atomic mass is 9.46. The van der Waals surface area contributed by atoms with Crippen LogP contribution in [-0.4, -0.2) is 10.2 Å². The van der Waals surface area contributed by atoms with Crippen molar-refractivity contribution >= 4 is 0 Å². The van der Waals surface area contributed by atoms with Crippen LogP contribution in [0, 0.1) is 35.5 Å². The van der Waals surface area contributed by atoms with E-state index in [4.69, 9.17) is 0 Å². The van der Waals surface area contributed by atoms with Gasteiger partial charge < -0.3 is 10.2 Å². The molecule has 0 aromatic heterocycles. The molecule has 0 saturated heterocycles. The van der Waals surface area contributed by atoms with Crippen molar-refractivity contribution in [3.05, 3.63) is 22.8 Å². The summed E-state index contributed by atoms with van der Waals surface area (Å²) in [7, 11) is 0. The summed E-state index contributed by atoms with van der Waals surface area (Å²) < 4.78 is 0. The Balaban J connectivity index is 1.41. The Labute approximate surface area is 194 Å². The molecule has 32 heavy (non-hydrogen) atoms. The van der Waals surface area contributed by atoms with Gasteiger partial charge in [-0.1, -0.05) is 20.8 Å². The molecule has 0 atom stereocenters. The van der Waals surface area contributed by atoms with Gasteiger partial charge in [-0.15, -0.1) is 0 Å². The minimum Gasteiger partial charge on any atom is -0.508 e. The van der Waals surface area contributed by atoms with Crippen LogP contribution in [0.15, 0.2) is 6.07 Å². The van der Waals surface area contributed by atoms with Gasteiger partial charge in [0.05, 0.1) is 0 Å². The second-order valence-electron chi connectivity index (χ2n) is 14.7. The molecule has 8 aliphatic rings. The average Bonchev–Trinajstić information content (AvgIpc) is 2.66. The van der Waals surface area contributed by atoms with Crippen molar-refractivity contribution in [2.75, 3.05) is 0 Å². The maximum absolute atomic E-state index is 12.1. The van der Waals surface area contributed by atoms with Crippen molar-refractivity contribution in [1.29, 1.82) is 0 Å². The molecule has 1 aromatic carbocycles. The van der Waals surface area contributed by atoms with Gasteiger partial charge in [0.15, 0.2) is 0 Å². The zero-order chi connectivity index (χ0) is 22.0. The fourth-order valence-corrected chi connectivity index (χ4v) is 11.2. The molecule has 8 saturated carbocycles. The number of benzene rings is 1. The first-order chi connectivity index (χ1) is 15.1. The number of hydrogen-bond donors (Lipinski definition) is 2. The van der Waals surface area contributed by atoms with E-state index >= 15 is 0 Å². The molecular formula is C30H42O2. The molecular weight excluding hydrogens is 392 g/mol. The highest BCUT2D eigenvalue weighted by Crippen LogP contribution is 2.66. The Kier molecular flexibility index (Phi) is 3.96. The summed E-state index contributed by atoms with van der Waals surface area (Å²) >= 11 is 0. The molecule has 0 spiro atoms. The second kappa shape index (κ2) is 6.28. The van der Waals surface area contributed by atoms with Gasteiger partial charge in [-0.3, -0.25) is 0 Å². The highest BCUT2D eigenvalue weighted by Gasteiger charge is 2.56. The number of aromatic hydroxyl groups is 2. The van der Waals surface area contributed by atoms with Gasteiger partial charge in [0.25, 0.3) is 0 Å². The highest BCUT2D eigenvalue weighted by molar-refractivity contribution is 5.61. The van der Waals surface area contributed by atoms with E-state index in [9.17, 15) is 10.2 Å². The lowest BCUT2D eigenvalue weighted by Gasteiger charge is -2.59. The van der Waals surface area contributed by atoms with Crippen molar-refractivity contribution < 1.29 is 10.2 Å².